The number of likely N-dealkylation sites (N-methyl/N-ethyl adjacent to an activating group) is 1. The lowest BCUT2D eigenvalue weighted by Crippen LogP contribution is -2.49. The fourth-order valence-electron chi connectivity index (χ4n) is 3.57. The molecule has 0 aromatic rings. The second-order valence-corrected chi connectivity index (χ2v) is 9.10. The smallest absolute Gasteiger partial charge is 0.362 e. The summed E-state index contributed by atoms with van der Waals surface area (Å²) in [4.78, 5) is 23.2. The van der Waals surface area contributed by atoms with Crippen molar-refractivity contribution in [3.63, 3.8) is 0 Å². The third-order valence-corrected chi connectivity index (χ3v) is 5.45. The Kier molecular flexibility index (Phi) is 16.2. The first kappa shape index (κ1) is 26.9. The van der Waals surface area contributed by atoms with Gasteiger partial charge < -0.3 is 14.9 Å². The molecule has 0 aliphatic carbocycles. The highest BCUT2D eigenvalue weighted by Gasteiger charge is 2.30. The Morgan fingerprint density at radius 1 is 0.786 bits per heavy atom. The van der Waals surface area contributed by atoms with Crippen molar-refractivity contribution in [1.82, 2.24) is 5.32 Å². The number of carboxylic acids is 1. The van der Waals surface area contributed by atoms with E-state index in [0.717, 1.165) is 25.7 Å². The van der Waals surface area contributed by atoms with Gasteiger partial charge in [-0.05, 0) is 19.3 Å². The van der Waals surface area contributed by atoms with Crippen LogP contribution in [0.5, 0.6) is 0 Å². The first-order valence-corrected chi connectivity index (χ1v) is 11.6. The summed E-state index contributed by atoms with van der Waals surface area (Å²) >= 11 is 0. The van der Waals surface area contributed by atoms with E-state index in [1.807, 2.05) is 21.1 Å². The number of carboxylic acid groups (broad SMARTS) is 1. The summed E-state index contributed by atoms with van der Waals surface area (Å²) in [6.45, 7) is 2.91. The van der Waals surface area contributed by atoms with Crippen LogP contribution >= 0.6 is 0 Å². The van der Waals surface area contributed by atoms with Crippen LogP contribution in [0.4, 0.5) is 0 Å². The summed E-state index contributed by atoms with van der Waals surface area (Å²) in [7, 11) is 5.73. The lowest BCUT2D eigenvalue weighted by Gasteiger charge is -2.31. The fraction of sp³-hybridized carbons (Fsp3) is 0.913. The van der Waals surface area contributed by atoms with Gasteiger partial charge in [-0.15, -0.1) is 0 Å². The van der Waals surface area contributed by atoms with E-state index in [4.69, 9.17) is 0 Å². The van der Waals surface area contributed by atoms with Crippen LogP contribution in [0.1, 0.15) is 103 Å². The van der Waals surface area contributed by atoms with Crippen LogP contribution in [0.15, 0.2) is 0 Å². The largest absolute Gasteiger partial charge is 0.477 e. The average Bonchev–Trinajstić information content (AvgIpc) is 2.61. The molecule has 5 nitrogen and oxygen atoms in total. The molecule has 0 rings (SSSR count). The number of aliphatic carboxylic acids is 1. The zero-order valence-electron chi connectivity index (χ0n) is 19.1. The quantitative estimate of drug-likeness (QED) is 0.234. The molecule has 1 atom stereocenters. The molecule has 5 heteroatoms. The molecule has 0 aliphatic heterocycles. The van der Waals surface area contributed by atoms with Gasteiger partial charge in [0.1, 0.15) is 0 Å². The van der Waals surface area contributed by atoms with Gasteiger partial charge in [0.2, 0.25) is 5.91 Å². The summed E-state index contributed by atoms with van der Waals surface area (Å²) in [5.41, 5.74) is 0. The Morgan fingerprint density at radius 3 is 1.75 bits per heavy atom. The molecule has 0 spiro atoms. The zero-order chi connectivity index (χ0) is 21.3. The predicted molar refractivity (Wildman–Crippen MR) is 117 cm³/mol. The number of nitrogens with one attached hydrogen (secondary N) is 1. The number of carbonyl (C=O) groups is 2. The molecule has 0 unspecified atom stereocenters. The first-order chi connectivity index (χ1) is 13.3. The van der Waals surface area contributed by atoms with Gasteiger partial charge in [-0.1, -0.05) is 71.1 Å². The minimum Gasteiger partial charge on any atom is -0.477 e. The number of carbonyl (C=O) groups excluding carboxylic acids is 1. The van der Waals surface area contributed by atoms with E-state index in [-0.39, 0.29) is 11.9 Å². The second-order valence-electron chi connectivity index (χ2n) is 9.10. The van der Waals surface area contributed by atoms with Crippen LogP contribution in [0, 0.1) is 0 Å². The van der Waals surface area contributed by atoms with Crippen molar-refractivity contribution in [3.05, 3.63) is 0 Å². The van der Waals surface area contributed by atoms with Crippen LogP contribution in [-0.4, -0.2) is 55.2 Å². The van der Waals surface area contributed by atoms with E-state index in [1.165, 1.54) is 57.8 Å². The highest BCUT2D eigenvalue weighted by Crippen LogP contribution is 2.13. The third-order valence-electron chi connectivity index (χ3n) is 5.45. The summed E-state index contributed by atoms with van der Waals surface area (Å²) in [5.74, 6) is -0.606. The van der Waals surface area contributed by atoms with Crippen molar-refractivity contribution >= 4 is 11.9 Å². The maximum atomic E-state index is 11.9. The highest BCUT2D eigenvalue weighted by atomic mass is 16.4. The topological polar surface area (TPSA) is 66.4 Å². The Bertz CT molecular complexity index is 405. The van der Waals surface area contributed by atoms with E-state index in [9.17, 15) is 14.7 Å². The Balaban J connectivity index is 3.48. The van der Waals surface area contributed by atoms with Crippen molar-refractivity contribution < 1.29 is 19.2 Å². The molecule has 28 heavy (non-hydrogen) atoms. The molecule has 0 aliphatic rings. The summed E-state index contributed by atoms with van der Waals surface area (Å²) in [6.07, 6.45) is 17.1. The lowest BCUT2D eigenvalue weighted by atomic mass is 10.1. The molecule has 0 saturated heterocycles. The monoisotopic (exact) mass is 399 g/mol. The zero-order valence-corrected chi connectivity index (χ0v) is 19.1. The van der Waals surface area contributed by atoms with Gasteiger partial charge in [0.05, 0.1) is 21.1 Å². The fourth-order valence-corrected chi connectivity index (χ4v) is 3.57. The van der Waals surface area contributed by atoms with Crippen LogP contribution in [0.25, 0.3) is 0 Å². The van der Waals surface area contributed by atoms with Crippen LogP contribution in [0.2, 0.25) is 0 Å². The first-order valence-electron chi connectivity index (χ1n) is 11.6. The summed E-state index contributed by atoms with van der Waals surface area (Å²) in [6, 6.07) is -0.382. The molecule has 0 bridgehead atoms. The molecular weight excluding hydrogens is 352 g/mol. The maximum absolute atomic E-state index is 11.9. The van der Waals surface area contributed by atoms with Crippen molar-refractivity contribution in [2.24, 2.45) is 0 Å². The maximum Gasteiger partial charge on any atom is 0.362 e. The number of amides is 1. The summed E-state index contributed by atoms with van der Waals surface area (Å²) < 4.78 is 0.431. The van der Waals surface area contributed by atoms with Crippen molar-refractivity contribution in [1.29, 1.82) is 0 Å². The van der Waals surface area contributed by atoms with Crippen LogP contribution < -0.4 is 5.32 Å². The van der Waals surface area contributed by atoms with E-state index in [1.54, 1.807) is 0 Å². The predicted octanol–water partition coefficient (Wildman–Crippen LogP) is 5.13. The van der Waals surface area contributed by atoms with E-state index >= 15 is 0 Å². The Morgan fingerprint density at radius 2 is 1.29 bits per heavy atom. The lowest BCUT2D eigenvalue weighted by molar-refractivity contribution is -0.887. The van der Waals surface area contributed by atoms with Crippen LogP contribution in [0.3, 0.4) is 0 Å². The molecule has 0 aromatic heterocycles. The molecule has 1 amide bonds. The third kappa shape index (κ3) is 15.9. The molecule has 0 heterocycles. The SMILES string of the molecule is CCCCCCCCCCCCCC(=O)NCCCC[C@@H](C(=O)O)[N+](C)(C)C. The molecule has 2 N–H and O–H groups in total. The second kappa shape index (κ2) is 16.8. The molecule has 0 aromatic carbocycles. The number of unbranched alkanes of at least 4 members (excludes halogenated alkanes) is 11. The van der Waals surface area contributed by atoms with E-state index in [2.05, 4.69) is 12.2 Å². The van der Waals surface area contributed by atoms with Gasteiger partial charge >= 0.3 is 5.97 Å². The number of nitrogens with zero attached hydrogens (tertiary/aromatic N) is 1. The number of hydrogen-bond donors (Lipinski definition) is 2. The standard InChI is InChI=1S/C23H46N2O3/c1-5-6-7-8-9-10-11-12-13-14-15-19-22(26)24-20-17-16-18-21(23(27)28)25(2,3)4/h21H,5-20H2,1-4H3,(H-,24,26,27,28)/p+1/t21-/m0/s1. The Hall–Kier alpha value is -1.10. The van der Waals surface area contributed by atoms with Crippen molar-refractivity contribution in [2.45, 2.75) is 109 Å². The van der Waals surface area contributed by atoms with Gasteiger partial charge in [0, 0.05) is 19.4 Å². The van der Waals surface area contributed by atoms with Gasteiger partial charge in [0.25, 0.3) is 0 Å². The van der Waals surface area contributed by atoms with E-state index in [0.29, 0.717) is 23.9 Å². The van der Waals surface area contributed by atoms with Gasteiger partial charge in [-0.25, -0.2) is 4.79 Å². The minimum absolute atomic E-state index is 0.136. The number of quaternary nitrogens is 1. The Labute approximate surface area is 173 Å². The minimum atomic E-state index is -0.743. The average molecular weight is 400 g/mol. The normalized spacial score (nSPS) is 12.7. The van der Waals surface area contributed by atoms with Gasteiger partial charge in [0.15, 0.2) is 6.04 Å². The van der Waals surface area contributed by atoms with Crippen LogP contribution in [-0.2, 0) is 9.59 Å². The van der Waals surface area contributed by atoms with E-state index < -0.39 is 5.97 Å². The highest BCUT2D eigenvalue weighted by molar-refractivity contribution is 5.75. The van der Waals surface area contributed by atoms with Crippen molar-refractivity contribution in [2.75, 3.05) is 27.7 Å². The number of hydrogen-bond acceptors (Lipinski definition) is 2. The molecular formula is C23H47N2O3+. The van der Waals surface area contributed by atoms with Crippen molar-refractivity contribution in [3.8, 4) is 0 Å². The molecule has 0 radical (unpaired) electrons. The molecule has 0 saturated carbocycles. The molecule has 166 valence electrons. The molecule has 0 fully saturated rings. The van der Waals surface area contributed by atoms with Gasteiger partial charge in [-0.2, -0.15) is 0 Å². The van der Waals surface area contributed by atoms with Gasteiger partial charge in [-0.3, -0.25) is 4.79 Å². The number of rotatable bonds is 19. The summed E-state index contributed by atoms with van der Waals surface area (Å²) in [5, 5.41) is 12.3.